The molecule has 4 rings (SSSR count). The van der Waals surface area contributed by atoms with E-state index in [9.17, 15) is 29.3 Å². The number of rotatable bonds is 8. The van der Waals surface area contributed by atoms with Crippen LogP contribution in [-0.2, 0) is 13.8 Å². The maximum atomic E-state index is 12.4. The molecule has 0 bridgehead atoms. The van der Waals surface area contributed by atoms with Gasteiger partial charge in [-0.15, -0.1) is 0 Å². The fourth-order valence-corrected chi connectivity index (χ4v) is 4.14. The Labute approximate surface area is 194 Å². The minimum Gasteiger partial charge on any atom is -0.478 e. The van der Waals surface area contributed by atoms with E-state index in [2.05, 4.69) is 15.0 Å². The zero-order valence-electron chi connectivity index (χ0n) is 17.4. The van der Waals surface area contributed by atoms with Crippen LogP contribution in [0.4, 0.5) is 5.82 Å². The Kier molecular flexibility index (Phi) is 6.42. The molecule has 0 saturated carbocycles. The van der Waals surface area contributed by atoms with E-state index in [1.807, 2.05) is 0 Å². The van der Waals surface area contributed by atoms with Crippen molar-refractivity contribution in [3.05, 3.63) is 42.0 Å². The number of ether oxygens (including phenoxy) is 1. The summed E-state index contributed by atoms with van der Waals surface area (Å²) in [6.45, 7) is -0.739. The minimum atomic E-state index is -4.95. The van der Waals surface area contributed by atoms with Gasteiger partial charge in [-0.05, 0) is 18.2 Å². The van der Waals surface area contributed by atoms with Crippen LogP contribution in [0.3, 0.4) is 0 Å². The maximum Gasteiger partial charge on any atom is 0.527 e. The zero-order valence-corrected chi connectivity index (χ0v) is 18.3. The average Bonchev–Trinajstić information content (AvgIpc) is 3.34. The topological polar surface area (TPSA) is 250 Å². The quantitative estimate of drug-likeness (QED) is 0.211. The van der Waals surface area contributed by atoms with Gasteiger partial charge < -0.3 is 35.4 Å². The standard InChI is InChI=1S/C18H18N5O11P/c19-14-11-15(21-5-20-14)23(6-22-11)16-13(25)12(24)10(33-16)4-32-35(30,31)34-9-2-7(17(26)27)1-8(3-9)18(28)29/h1-3,5-6,10,12-13,16,24-25H,4H2,(H,26,27)(H,28,29)(H,30,31)(H2,19,20,21)/t10-,12-,13-,16-/m1/s1. The number of anilines is 1. The van der Waals surface area contributed by atoms with Crippen LogP contribution in [0.5, 0.6) is 5.75 Å². The molecule has 17 heteroatoms. The summed E-state index contributed by atoms with van der Waals surface area (Å²) < 4.78 is 28.9. The molecule has 0 amide bonds. The van der Waals surface area contributed by atoms with Crippen molar-refractivity contribution >= 4 is 36.7 Å². The van der Waals surface area contributed by atoms with Gasteiger partial charge in [0.25, 0.3) is 0 Å². The van der Waals surface area contributed by atoms with E-state index in [1.54, 1.807) is 0 Å². The van der Waals surface area contributed by atoms with Crippen molar-refractivity contribution in [2.45, 2.75) is 24.5 Å². The SMILES string of the molecule is Nc1ncnc2c1ncn2[C@@H]1O[C@H](COP(=O)(O)Oc2cc(C(=O)O)cc(C(=O)O)c2)[C@@H](O)[C@H]1O. The van der Waals surface area contributed by atoms with E-state index in [1.165, 1.54) is 17.2 Å². The lowest BCUT2D eigenvalue weighted by molar-refractivity contribution is -0.0501. The number of phosphoric ester groups is 1. The minimum absolute atomic E-state index is 0.0815. The molecular weight excluding hydrogens is 493 g/mol. The van der Waals surface area contributed by atoms with E-state index in [0.29, 0.717) is 0 Å². The molecule has 0 radical (unpaired) electrons. The fourth-order valence-electron chi connectivity index (χ4n) is 3.38. The number of carboxylic acid groups (broad SMARTS) is 2. The van der Waals surface area contributed by atoms with Gasteiger partial charge in [0.05, 0.1) is 24.1 Å². The highest BCUT2D eigenvalue weighted by atomic mass is 31.2. The van der Waals surface area contributed by atoms with Gasteiger partial charge in [0.15, 0.2) is 17.7 Å². The molecule has 1 unspecified atom stereocenters. The summed E-state index contributed by atoms with van der Waals surface area (Å²) in [7, 11) is -4.95. The summed E-state index contributed by atoms with van der Waals surface area (Å²) >= 11 is 0. The second kappa shape index (κ2) is 9.18. The lowest BCUT2D eigenvalue weighted by Crippen LogP contribution is -2.33. The van der Waals surface area contributed by atoms with Gasteiger partial charge in [-0.2, -0.15) is 0 Å². The third kappa shape index (κ3) is 4.93. The molecule has 1 aromatic carbocycles. The first kappa shape index (κ1) is 24.5. The Morgan fingerprint density at radius 1 is 1.09 bits per heavy atom. The Hall–Kier alpha value is -3.66. The van der Waals surface area contributed by atoms with Gasteiger partial charge in [-0.25, -0.2) is 29.1 Å². The molecule has 35 heavy (non-hydrogen) atoms. The number of aliphatic hydroxyl groups excluding tert-OH is 2. The molecule has 3 aromatic rings. The van der Waals surface area contributed by atoms with Gasteiger partial charge in [0, 0.05) is 0 Å². The van der Waals surface area contributed by atoms with Crippen molar-refractivity contribution in [3.8, 4) is 5.75 Å². The zero-order chi connectivity index (χ0) is 25.5. The molecule has 3 heterocycles. The molecule has 1 aliphatic heterocycles. The van der Waals surface area contributed by atoms with E-state index >= 15 is 0 Å². The molecule has 5 atom stereocenters. The number of carbonyl (C=O) groups is 2. The lowest BCUT2D eigenvalue weighted by Gasteiger charge is -2.18. The highest BCUT2D eigenvalue weighted by Crippen LogP contribution is 2.45. The first-order valence-electron chi connectivity index (χ1n) is 9.70. The maximum absolute atomic E-state index is 12.4. The van der Waals surface area contributed by atoms with Crippen LogP contribution in [0.25, 0.3) is 11.2 Å². The molecule has 7 N–H and O–H groups in total. The van der Waals surface area contributed by atoms with Crippen LogP contribution in [0.1, 0.15) is 26.9 Å². The summed E-state index contributed by atoms with van der Waals surface area (Å²) in [5, 5.41) is 39.0. The summed E-state index contributed by atoms with van der Waals surface area (Å²) in [5.74, 6) is -3.46. The van der Waals surface area contributed by atoms with E-state index in [-0.39, 0.29) is 17.0 Å². The largest absolute Gasteiger partial charge is 0.527 e. The highest BCUT2D eigenvalue weighted by molar-refractivity contribution is 7.47. The fraction of sp³-hybridized carbons (Fsp3) is 0.278. The number of fused-ring (bicyclic) bond motifs is 1. The number of nitrogens with zero attached hydrogens (tertiary/aromatic N) is 4. The molecule has 1 saturated heterocycles. The van der Waals surface area contributed by atoms with E-state index in [0.717, 1.165) is 18.2 Å². The number of benzene rings is 1. The molecule has 16 nitrogen and oxygen atoms in total. The number of aliphatic hydroxyl groups is 2. The van der Waals surface area contributed by atoms with Gasteiger partial charge in [0.2, 0.25) is 0 Å². The number of aromatic nitrogens is 4. The number of aromatic carboxylic acids is 2. The normalized spacial score (nSPS) is 23.7. The summed E-state index contributed by atoms with van der Waals surface area (Å²) in [5.41, 5.74) is 5.16. The Bertz CT molecular complexity index is 1320. The smallest absolute Gasteiger partial charge is 0.478 e. The van der Waals surface area contributed by atoms with Gasteiger partial charge in [-0.3, -0.25) is 14.0 Å². The number of carboxylic acids is 2. The van der Waals surface area contributed by atoms with Crippen LogP contribution in [0.15, 0.2) is 30.9 Å². The van der Waals surface area contributed by atoms with Crippen LogP contribution in [0.2, 0.25) is 0 Å². The van der Waals surface area contributed by atoms with Gasteiger partial charge in [-0.1, -0.05) is 0 Å². The lowest BCUT2D eigenvalue weighted by atomic mass is 10.1. The molecule has 1 fully saturated rings. The third-order valence-electron chi connectivity index (χ3n) is 5.02. The van der Waals surface area contributed by atoms with Crippen LogP contribution < -0.4 is 10.3 Å². The Morgan fingerprint density at radius 3 is 2.37 bits per heavy atom. The number of imidazole rings is 1. The number of nitrogens with two attached hydrogens (primary N) is 1. The Balaban J connectivity index is 1.47. The summed E-state index contributed by atoms with van der Waals surface area (Å²) in [6.07, 6.45) is -3.16. The number of hydrogen-bond acceptors (Lipinski definition) is 12. The van der Waals surface area contributed by atoms with Crippen molar-refractivity contribution in [3.63, 3.8) is 0 Å². The van der Waals surface area contributed by atoms with E-state index in [4.69, 9.17) is 29.7 Å². The molecule has 1 aliphatic rings. The molecule has 186 valence electrons. The third-order valence-corrected chi connectivity index (χ3v) is 5.94. The predicted octanol–water partition coefficient (Wildman–Crippen LogP) is -0.380. The van der Waals surface area contributed by atoms with Crippen LogP contribution >= 0.6 is 7.82 Å². The first-order valence-corrected chi connectivity index (χ1v) is 11.2. The van der Waals surface area contributed by atoms with Crippen LogP contribution in [-0.4, -0.2) is 81.7 Å². The summed E-state index contributed by atoms with van der Waals surface area (Å²) in [4.78, 5) is 44.3. The summed E-state index contributed by atoms with van der Waals surface area (Å²) in [6, 6.07) is 2.50. The van der Waals surface area contributed by atoms with Gasteiger partial charge >= 0.3 is 19.8 Å². The molecular formula is C18H18N5O11P. The molecule has 0 aliphatic carbocycles. The van der Waals surface area contributed by atoms with Crippen LogP contribution in [0, 0.1) is 0 Å². The highest BCUT2D eigenvalue weighted by Gasteiger charge is 2.45. The second-order valence-electron chi connectivity index (χ2n) is 7.34. The van der Waals surface area contributed by atoms with Crippen molar-refractivity contribution in [1.82, 2.24) is 19.5 Å². The predicted molar refractivity (Wildman–Crippen MR) is 112 cm³/mol. The first-order chi connectivity index (χ1) is 16.5. The second-order valence-corrected chi connectivity index (χ2v) is 8.72. The average molecular weight is 511 g/mol. The molecule has 2 aromatic heterocycles. The van der Waals surface area contributed by atoms with Crippen molar-refractivity contribution in [2.24, 2.45) is 0 Å². The monoisotopic (exact) mass is 511 g/mol. The van der Waals surface area contributed by atoms with Gasteiger partial charge in [0.1, 0.15) is 35.9 Å². The molecule has 0 spiro atoms. The number of phosphoric acid groups is 1. The van der Waals surface area contributed by atoms with Crippen molar-refractivity contribution in [1.29, 1.82) is 0 Å². The number of hydrogen-bond donors (Lipinski definition) is 6. The van der Waals surface area contributed by atoms with Crippen molar-refractivity contribution < 1.29 is 53.3 Å². The van der Waals surface area contributed by atoms with Crippen molar-refractivity contribution in [2.75, 3.05) is 12.3 Å². The number of nitrogen functional groups attached to an aromatic ring is 1. The van der Waals surface area contributed by atoms with E-state index < -0.39 is 67.8 Å². The Morgan fingerprint density at radius 2 is 1.74 bits per heavy atom.